The van der Waals surface area contributed by atoms with Crippen LogP contribution in [-0.2, 0) is 11.3 Å². The van der Waals surface area contributed by atoms with Crippen molar-refractivity contribution in [3.05, 3.63) is 35.1 Å². The second kappa shape index (κ2) is 7.13. The van der Waals surface area contributed by atoms with Gasteiger partial charge in [0.1, 0.15) is 5.82 Å². The predicted octanol–water partition coefficient (Wildman–Crippen LogP) is 2.11. The van der Waals surface area contributed by atoms with Crippen molar-refractivity contribution in [3.8, 4) is 0 Å². The molecule has 106 valence electrons. The van der Waals surface area contributed by atoms with Crippen LogP contribution in [-0.4, -0.2) is 18.5 Å². The molecule has 1 atom stereocenters. The molecule has 0 saturated carbocycles. The van der Waals surface area contributed by atoms with Crippen LogP contribution in [0.15, 0.2) is 12.1 Å². The molecule has 0 aromatic heterocycles. The summed E-state index contributed by atoms with van der Waals surface area (Å²) in [7, 11) is 0. The van der Waals surface area contributed by atoms with Gasteiger partial charge in [-0.1, -0.05) is 6.92 Å². The van der Waals surface area contributed by atoms with E-state index in [4.69, 9.17) is 0 Å². The minimum absolute atomic E-state index is 0.0194. The van der Waals surface area contributed by atoms with Gasteiger partial charge in [0, 0.05) is 24.7 Å². The van der Waals surface area contributed by atoms with Crippen LogP contribution in [0.5, 0.6) is 0 Å². The van der Waals surface area contributed by atoms with Crippen LogP contribution in [0.3, 0.4) is 0 Å². The molecule has 1 unspecified atom stereocenters. The summed E-state index contributed by atoms with van der Waals surface area (Å²) in [5.74, 6) is -3.39. The number of nitrogens with one attached hydrogen (secondary N) is 2. The molecule has 0 saturated heterocycles. The number of rotatable bonds is 6. The van der Waals surface area contributed by atoms with E-state index < -0.39 is 23.5 Å². The molecular weight excluding hydrogens is 257 g/mol. The number of amides is 1. The fourth-order valence-corrected chi connectivity index (χ4v) is 1.46. The van der Waals surface area contributed by atoms with Crippen molar-refractivity contribution in [3.63, 3.8) is 0 Å². The lowest BCUT2D eigenvalue weighted by atomic mass is 10.2. The van der Waals surface area contributed by atoms with Crippen LogP contribution >= 0.6 is 0 Å². The molecule has 0 spiro atoms. The molecule has 0 aliphatic heterocycles. The maximum Gasteiger partial charge on any atom is 0.236 e. The molecule has 6 heteroatoms. The summed E-state index contributed by atoms with van der Waals surface area (Å²) in [4.78, 5) is 11.5. The monoisotopic (exact) mass is 274 g/mol. The van der Waals surface area contributed by atoms with Gasteiger partial charge >= 0.3 is 0 Å². The van der Waals surface area contributed by atoms with Gasteiger partial charge in [-0.2, -0.15) is 0 Å². The molecule has 0 aliphatic carbocycles. The SMILES string of the molecule is CCCNC(=O)C(C)NCc1cc(F)c(F)cc1F. The Bertz CT molecular complexity index is 452. The number of benzene rings is 1. The highest BCUT2D eigenvalue weighted by Gasteiger charge is 2.14. The minimum Gasteiger partial charge on any atom is -0.355 e. The van der Waals surface area contributed by atoms with Gasteiger partial charge in [-0.3, -0.25) is 4.79 Å². The summed E-state index contributed by atoms with van der Waals surface area (Å²) < 4.78 is 39.0. The second-order valence-electron chi connectivity index (χ2n) is 4.25. The molecule has 0 radical (unpaired) electrons. The Labute approximate surface area is 110 Å². The summed E-state index contributed by atoms with van der Waals surface area (Å²) in [6, 6.07) is 0.738. The molecule has 1 aromatic rings. The molecule has 1 rings (SSSR count). The van der Waals surface area contributed by atoms with E-state index in [1.165, 1.54) is 0 Å². The molecule has 1 aromatic carbocycles. The molecule has 19 heavy (non-hydrogen) atoms. The van der Waals surface area contributed by atoms with Crippen molar-refractivity contribution in [1.29, 1.82) is 0 Å². The van der Waals surface area contributed by atoms with E-state index >= 15 is 0 Å². The van der Waals surface area contributed by atoms with Crippen LogP contribution in [0.1, 0.15) is 25.8 Å². The van der Waals surface area contributed by atoms with E-state index in [0.29, 0.717) is 12.6 Å². The number of hydrogen-bond donors (Lipinski definition) is 2. The topological polar surface area (TPSA) is 41.1 Å². The van der Waals surface area contributed by atoms with Gasteiger partial charge in [0.2, 0.25) is 5.91 Å². The Kier molecular flexibility index (Phi) is 5.82. The molecular formula is C13H17F3N2O. The Balaban J connectivity index is 2.57. The average molecular weight is 274 g/mol. The maximum absolute atomic E-state index is 13.3. The summed E-state index contributed by atoms with van der Waals surface area (Å²) in [5, 5.41) is 5.43. The van der Waals surface area contributed by atoms with Crippen molar-refractivity contribution >= 4 is 5.91 Å². The molecule has 2 N–H and O–H groups in total. The Hall–Kier alpha value is -1.56. The summed E-state index contributed by atoms with van der Waals surface area (Å²) in [6.45, 7) is 4.05. The van der Waals surface area contributed by atoms with Crippen molar-refractivity contribution < 1.29 is 18.0 Å². The lowest BCUT2D eigenvalue weighted by molar-refractivity contribution is -0.122. The third-order valence-corrected chi connectivity index (χ3v) is 2.63. The van der Waals surface area contributed by atoms with Gasteiger partial charge in [-0.05, 0) is 19.4 Å². The minimum atomic E-state index is -1.23. The van der Waals surface area contributed by atoms with Crippen LogP contribution in [0, 0.1) is 17.5 Å². The van der Waals surface area contributed by atoms with Crippen LogP contribution in [0.4, 0.5) is 13.2 Å². The van der Waals surface area contributed by atoms with Crippen molar-refractivity contribution in [2.45, 2.75) is 32.9 Å². The van der Waals surface area contributed by atoms with Crippen molar-refractivity contribution in [1.82, 2.24) is 10.6 Å². The molecule has 0 aliphatic rings. The van der Waals surface area contributed by atoms with Crippen molar-refractivity contribution in [2.75, 3.05) is 6.54 Å². The normalized spacial score (nSPS) is 12.3. The Morgan fingerprint density at radius 1 is 1.21 bits per heavy atom. The Morgan fingerprint density at radius 3 is 2.47 bits per heavy atom. The number of hydrogen-bond acceptors (Lipinski definition) is 2. The molecule has 3 nitrogen and oxygen atoms in total. The fraction of sp³-hybridized carbons (Fsp3) is 0.462. The summed E-state index contributed by atoms with van der Waals surface area (Å²) in [6.07, 6.45) is 0.816. The number of halogens is 3. The summed E-state index contributed by atoms with van der Waals surface area (Å²) in [5.41, 5.74) is -0.0194. The summed E-state index contributed by atoms with van der Waals surface area (Å²) >= 11 is 0. The highest BCUT2D eigenvalue weighted by molar-refractivity contribution is 5.81. The molecule has 0 bridgehead atoms. The van der Waals surface area contributed by atoms with E-state index in [0.717, 1.165) is 12.5 Å². The van der Waals surface area contributed by atoms with Gasteiger partial charge in [0.15, 0.2) is 11.6 Å². The van der Waals surface area contributed by atoms with Gasteiger partial charge in [0.05, 0.1) is 6.04 Å². The van der Waals surface area contributed by atoms with Gasteiger partial charge < -0.3 is 10.6 Å². The van der Waals surface area contributed by atoms with Crippen LogP contribution < -0.4 is 10.6 Å². The van der Waals surface area contributed by atoms with Gasteiger partial charge in [-0.25, -0.2) is 13.2 Å². The molecule has 0 heterocycles. The number of carbonyl (C=O) groups is 1. The maximum atomic E-state index is 13.3. The lowest BCUT2D eigenvalue weighted by Gasteiger charge is -2.14. The largest absolute Gasteiger partial charge is 0.355 e. The quantitative estimate of drug-likeness (QED) is 0.780. The zero-order valence-corrected chi connectivity index (χ0v) is 10.9. The first kappa shape index (κ1) is 15.5. The first-order valence-corrected chi connectivity index (χ1v) is 6.10. The predicted molar refractivity (Wildman–Crippen MR) is 65.9 cm³/mol. The zero-order valence-electron chi connectivity index (χ0n) is 10.9. The van der Waals surface area contributed by atoms with E-state index in [-0.39, 0.29) is 18.0 Å². The second-order valence-corrected chi connectivity index (χ2v) is 4.25. The third-order valence-electron chi connectivity index (χ3n) is 2.63. The first-order chi connectivity index (χ1) is 8.95. The van der Waals surface area contributed by atoms with Gasteiger partial charge in [0.25, 0.3) is 0 Å². The van der Waals surface area contributed by atoms with Crippen LogP contribution in [0.2, 0.25) is 0 Å². The highest BCUT2D eigenvalue weighted by atomic mass is 19.2. The van der Waals surface area contributed by atoms with Gasteiger partial charge in [-0.15, -0.1) is 0 Å². The average Bonchev–Trinajstić information content (AvgIpc) is 2.38. The molecule has 1 amide bonds. The smallest absolute Gasteiger partial charge is 0.236 e. The third kappa shape index (κ3) is 4.55. The van der Waals surface area contributed by atoms with E-state index in [9.17, 15) is 18.0 Å². The van der Waals surface area contributed by atoms with E-state index in [1.807, 2.05) is 6.92 Å². The fourth-order valence-electron chi connectivity index (χ4n) is 1.46. The van der Waals surface area contributed by atoms with Crippen LogP contribution in [0.25, 0.3) is 0 Å². The first-order valence-electron chi connectivity index (χ1n) is 6.10. The number of carbonyl (C=O) groups excluding carboxylic acids is 1. The van der Waals surface area contributed by atoms with Crippen molar-refractivity contribution in [2.24, 2.45) is 0 Å². The highest BCUT2D eigenvalue weighted by Crippen LogP contribution is 2.13. The standard InChI is InChI=1S/C13H17F3N2O/c1-3-4-17-13(19)8(2)18-7-9-5-11(15)12(16)6-10(9)14/h5-6,8,18H,3-4,7H2,1-2H3,(H,17,19). The molecule has 0 fully saturated rings. The lowest BCUT2D eigenvalue weighted by Crippen LogP contribution is -2.42. The van der Waals surface area contributed by atoms with E-state index in [1.54, 1.807) is 6.92 Å². The zero-order chi connectivity index (χ0) is 14.4. The Morgan fingerprint density at radius 2 is 1.84 bits per heavy atom. The van der Waals surface area contributed by atoms with E-state index in [2.05, 4.69) is 10.6 Å².